The smallest absolute Gasteiger partial charge is 0.255 e. The summed E-state index contributed by atoms with van der Waals surface area (Å²) in [5.41, 5.74) is 4.04. The first kappa shape index (κ1) is 25.6. The van der Waals surface area contributed by atoms with E-state index in [0.717, 1.165) is 46.9 Å². The molecule has 3 aromatic carbocycles. The number of allylic oxidation sites excluding steroid dienone is 1. The minimum absolute atomic E-state index is 0.192. The van der Waals surface area contributed by atoms with E-state index in [2.05, 4.69) is 17.6 Å². The van der Waals surface area contributed by atoms with Crippen LogP contribution in [0.4, 0.5) is 11.6 Å². The van der Waals surface area contributed by atoms with Crippen molar-refractivity contribution in [2.75, 3.05) is 16.4 Å². The summed E-state index contributed by atoms with van der Waals surface area (Å²) in [4.78, 5) is 18.4. The minimum atomic E-state index is -0.469. The molecule has 0 radical (unpaired) electrons. The summed E-state index contributed by atoms with van der Waals surface area (Å²) in [6.45, 7) is 4.53. The molecule has 0 spiro atoms. The van der Waals surface area contributed by atoms with Gasteiger partial charge in [-0.15, -0.1) is 5.10 Å². The highest BCUT2D eigenvalue weighted by molar-refractivity contribution is 7.99. The molecule has 1 aromatic heterocycles. The monoisotopic (exact) mass is 525 g/mol. The van der Waals surface area contributed by atoms with Crippen LogP contribution in [0, 0.1) is 0 Å². The van der Waals surface area contributed by atoms with Crippen molar-refractivity contribution in [1.82, 2.24) is 14.8 Å². The minimum Gasteiger partial charge on any atom is -0.489 e. The van der Waals surface area contributed by atoms with Crippen LogP contribution in [-0.4, -0.2) is 26.4 Å². The fourth-order valence-electron chi connectivity index (χ4n) is 4.34. The van der Waals surface area contributed by atoms with Gasteiger partial charge in [0.15, 0.2) is 0 Å². The number of nitrogens with one attached hydrogen (secondary N) is 2. The van der Waals surface area contributed by atoms with Gasteiger partial charge in [0.2, 0.25) is 11.1 Å². The first-order valence-electron chi connectivity index (χ1n) is 12.8. The van der Waals surface area contributed by atoms with E-state index in [1.54, 1.807) is 11.8 Å². The van der Waals surface area contributed by atoms with E-state index < -0.39 is 6.04 Å². The van der Waals surface area contributed by atoms with Crippen LogP contribution in [0.3, 0.4) is 0 Å². The Bertz CT molecular complexity index is 1420. The molecule has 4 aromatic rings. The molecule has 0 aliphatic carbocycles. The Labute approximate surface area is 227 Å². The lowest BCUT2D eigenvalue weighted by molar-refractivity contribution is -0.113. The molecule has 0 fully saturated rings. The average molecular weight is 526 g/mol. The maximum absolute atomic E-state index is 13.7. The number of fused-ring (bicyclic) bond motifs is 1. The SMILES string of the molecule is CCCCSc1nc2n(n1)C(c1cccc(OCc3ccccc3)c1)C(C(=O)Nc1ccccc1)=C(C)N2. The van der Waals surface area contributed by atoms with Crippen LogP contribution < -0.4 is 15.4 Å². The lowest BCUT2D eigenvalue weighted by Gasteiger charge is -2.29. The number of rotatable bonds is 10. The number of para-hydroxylation sites is 1. The molecule has 8 heteroatoms. The summed E-state index contributed by atoms with van der Waals surface area (Å²) in [5.74, 6) is 2.10. The standard InChI is InChI=1S/C30H31N5O2S/c1-3-4-18-38-30-33-29-31-21(2)26(28(36)32-24-15-9-6-10-16-24)27(35(29)34-30)23-14-11-17-25(19-23)37-20-22-12-7-5-8-13-22/h5-17,19,27H,3-4,18,20H2,1-2H3,(H,32,36)(H,31,33,34). The Balaban J connectivity index is 1.49. The second-order valence-corrected chi connectivity index (χ2v) is 10.2. The van der Waals surface area contributed by atoms with Crippen LogP contribution >= 0.6 is 11.8 Å². The lowest BCUT2D eigenvalue weighted by Crippen LogP contribution is -2.31. The maximum atomic E-state index is 13.7. The molecule has 1 amide bonds. The Morgan fingerprint density at radius 2 is 1.82 bits per heavy atom. The molecule has 38 heavy (non-hydrogen) atoms. The van der Waals surface area contributed by atoms with Crippen molar-refractivity contribution in [3.05, 3.63) is 107 Å². The second-order valence-electron chi connectivity index (χ2n) is 9.10. The van der Waals surface area contributed by atoms with Gasteiger partial charge < -0.3 is 15.4 Å². The summed E-state index contributed by atoms with van der Waals surface area (Å²) in [6.07, 6.45) is 2.20. The number of carbonyl (C=O) groups is 1. The van der Waals surface area contributed by atoms with Gasteiger partial charge in [-0.2, -0.15) is 4.98 Å². The zero-order valence-corrected chi connectivity index (χ0v) is 22.4. The number of aromatic nitrogens is 3. The number of hydrogen-bond donors (Lipinski definition) is 2. The van der Waals surface area contributed by atoms with E-state index in [1.807, 2.05) is 96.5 Å². The van der Waals surface area contributed by atoms with E-state index in [4.69, 9.17) is 14.8 Å². The Hall–Kier alpha value is -4.04. The van der Waals surface area contributed by atoms with E-state index in [9.17, 15) is 4.79 Å². The number of carbonyl (C=O) groups excluding carboxylic acids is 1. The number of anilines is 2. The van der Waals surface area contributed by atoms with Crippen LogP contribution in [0.5, 0.6) is 5.75 Å². The third-order valence-electron chi connectivity index (χ3n) is 6.26. The van der Waals surface area contributed by atoms with Crippen LogP contribution in [0.25, 0.3) is 0 Å². The number of unbranched alkanes of at least 4 members (excludes halogenated alkanes) is 1. The molecule has 1 aliphatic rings. The Morgan fingerprint density at radius 1 is 1.05 bits per heavy atom. The molecule has 1 atom stereocenters. The van der Waals surface area contributed by atoms with Crippen molar-refractivity contribution in [2.24, 2.45) is 0 Å². The third-order valence-corrected chi connectivity index (χ3v) is 7.18. The largest absolute Gasteiger partial charge is 0.489 e. The molecule has 7 nitrogen and oxygen atoms in total. The van der Waals surface area contributed by atoms with Crippen molar-refractivity contribution in [3.8, 4) is 5.75 Å². The Morgan fingerprint density at radius 3 is 2.58 bits per heavy atom. The molecule has 0 saturated heterocycles. The molecule has 1 unspecified atom stereocenters. The molecular weight excluding hydrogens is 494 g/mol. The summed E-state index contributed by atoms with van der Waals surface area (Å²) in [7, 11) is 0. The third kappa shape index (κ3) is 5.92. The van der Waals surface area contributed by atoms with Crippen molar-refractivity contribution in [3.63, 3.8) is 0 Å². The topological polar surface area (TPSA) is 81.1 Å². The van der Waals surface area contributed by atoms with Crippen molar-refractivity contribution in [2.45, 2.75) is 44.5 Å². The van der Waals surface area contributed by atoms with E-state index in [-0.39, 0.29) is 5.91 Å². The quantitative estimate of drug-likeness (QED) is 0.178. The number of thioether (sulfide) groups is 1. The lowest BCUT2D eigenvalue weighted by atomic mass is 9.95. The molecule has 1 aliphatic heterocycles. The predicted octanol–water partition coefficient (Wildman–Crippen LogP) is 6.68. The first-order chi connectivity index (χ1) is 18.6. The molecular formula is C30H31N5O2S. The Kier molecular flexibility index (Phi) is 8.09. The van der Waals surface area contributed by atoms with Gasteiger partial charge in [0, 0.05) is 17.1 Å². The van der Waals surface area contributed by atoms with Gasteiger partial charge in [-0.25, -0.2) is 4.68 Å². The molecule has 2 heterocycles. The van der Waals surface area contributed by atoms with Gasteiger partial charge >= 0.3 is 0 Å². The number of hydrogen-bond acceptors (Lipinski definition) is 6. The highest BCUT2D eigenvalue weighted by Gasteiger charge is 2.34. The number of nitrogens with zero attached hydrogens (tertiary/aromatic N) is 3. The van der Waals surface area contributed by atoms with Crippen LogP contribution in [-0.2, 0) is 11.4 Å². The fraction of sp³-hybridized carbons (Fsp3) is 0.233. The average Bonchev–Trinajstić information content (AvgIpc) is 3.34. The van der Waals surface area contributed by atoms with Crippen molar-refractivity contribution in [1.29, 1.82) is 0 Å². The van der Waals surface area contributed by atoms with E-state index in [1.165, 1.54) is 0 Å². The number of benzene rings is 3. The van der Waals surface area contributed by atoms with Gasteiger partial charge in [-0.1, -0.05) is 85.8 Å². The highest BCUT2D eigenvalue weighted by Crippen LogP contribution is 2.38. The number of amides is 1. The number of ether oxygens (including phenoxy) is 1. The molecule has 0 saturated carbocycles. The fourth-order valence-corrected chi connectivity index (χ4v) is 5.25. The summed E-state index contributed by atoms with van der Waals surface area (Å²) in [5, 5.41) is 11.9. The maximum Gasteiger partial charge on any atom is 0.255 e. The van der Waals surface area contributed by atoms with Gasteiger partial charge in [0.1, 0.15) is 18.4 Å². The molecule has 2 N–H and O–H groups in total. The van der Waals surface area contributed by atoms with Gasteiger partial charge in [-0.3, -0.25) is 4.79 Å². The van der Waals surface area contributed by atoms with Gasteiger partial charge in [0.25, 0.3) is 5.91 Å². The molecule has 0 bridgehead atoms. The first-order valence-corrected chi connectivity index (χ1v) is 13.8. The zero-order valence-electron chi connectivity index (χ0n) is 21.6. The highest BCUT2D eigenvalue weighted by atomic mass is 32.2. The molecule has 5 rings (SSSR count). The van der Waals surface area contributed by atoms with E-state index in [0.29, 0.717) is 23.3 Å². The summed E-state index contributed by atoms with van der Waals surface area (Å²) < 4.78 is 7.94. The summed E-state index contributed by atoms with van der Waals surface area (Å²) in [6, 6.07) is 26.9. The summed E-state index contributed by atoms with van der Waals surface area (Å²) >= 11 is 1.63. The normalized spacial score (nSPS) is 14.5. The second kappa shape index (κ2) is 12.0. The van der Waals surface area contributed by atoms with Crippen LogP contribution in [0.1, 0.15) is 43.9 Å². The van der Waals surface area contributed by atoms with Crippen LogP contribution in [0.2, 0.25) is 0 Å². The van der Waals surface area contributed by atoms with Crippen molar-refractivity contribution >= 4 is 29.3 Å². The van der Waals surface area contributed by atoms with Gasteiger partial charge in [0.05, 0.1) is 5.57 Å². The van der Waals surface area contributed by atoms with E-state index >= 15 is 0 Å². The zero-order chi connectivity index (χ0) is 26.3. The van der Waals surface area contributed by atoms with Crippen LogP contribution in [0.15, 0.2) is 101 Å². The van der Waals surface area contributed by atoms with Crippen molar-refractivity contribution < 1.29 is 9.53 Å². The predicted molar refractivity (Wildman–Crippen MR) is 152 cm³/mol. The van der Waals surface area contributed by atoms with Gasteiger partial charge in [-0.05, 0) is 48.7 Å². The molecule has 194 valence electrons.